The van der Waals surface area contributed by atoms with Gasteiger partial charge in [0, 0.05) is 5.56 Å². The van der Waals surface area contributed by atoms with E-state index in [0.717, 1.165) is 11.3 Å². The van der Waals surface area contributed by atoms with Crippen LogP contribution in [0.25, 0.3) is 6.08 Å². The fourth-order valence-corrected chi connectivity index (χ4v) is 2.29. The number of para-hydroxylation sites is 1. The predicted molar refractivity (Wildman–Crippen MR) is 81.2 cm³/mol. The van der Waals surface area contributed by atoms with Crippen molar-refractivity contribution < 1.29 is 19.1 Å². The Labute approximate surface area is 128 Å². The summed E-state index contributed by atoms with van der Waals surface area (Å²) in [4.78, 5) is 12.2. The van der Waals surface area contributed by atoms with Crippen LogP contribution in [0.3, 0.4) is 0 Å². The first-order chi connectivity index (χ1) is 10.6. The van der Waals surface area contributed by atoms with Crippen molar-refractivity contribution in [2.75, 3.05) is 13.2 Å². The van der Waals surface area contributed by atoms with Crippen molar-refractivity contribution in [2.24, 2.45) is 0 Å². The maximum Gasteiger partial charge on any atom is 0.250 e. The van der Waals surface area contributed by atoms with E-state index in [1.165, 1.54) is 6.26 Å². The van der Waals surface area contributed by atoms with Crippen LogP contribution in [0.1, 0.15) is 18.2 Å². The standard InChI is InChI=1S/C17H17NO4/c1-17(20,15-7-4-8-21-15)11-18-16(19)13-9-12-5-2-3-6-14(12)22-10-13/h2-9,20H,10-11H2,1H3,(H,18,19). The molecule has 1 aromatic heterocycles. The SMILES string of the molecule is CC(O)(CNC(=O)C1=Cc2ccccc2OC1)c1ccco1. The molecule has 0 spiro atoms. The van der Waals surface area contributed by atoms with Crippen LogP contribution in [-0.2, 0) is 10.4 Å². The molecule has 1 aromatic carbocycles. The average molecular weight is 299 g/mol. The molecule has 2 N–H and O–H groups in total. The van der Waals surface area contributed by atoms with Crippen LogP contribution < -0.4 is 10.1 Å². The summed E-state index contributed by atoms with van der Waals surface area (Å²) >= 11 is 0. The molecule has 2 heterocycles. The number of hydrogen-bond acceptors (Lipinski definition) is 4. The second-order valence-corrected chi connectivity index (χ2v) is 5.43. The number of nitrogens with one attached hydrogen (secondary N) is 1. The fourth-order valence-electron chi connectivity index (χ4n) is 2.29. The number of ether oxygens (including phenoxy) is 1. The van der Waals surface area contributed by atoms with Gasteiger partial charge in [-0.2, -0.15) is 0 Å². The van der Waals surface area contributed by atoms with Gasteiger partial charge in [-0.3, -0.25) is 4.79 Å². The van der Waals surface area contributed by atoms with Crippen molar-refractivity contribution in [3.8, 4) is 5.75 Å². The summed E-state index contributed by atoms with van der Waals surface area (Å²) in [6.45, 7) is 1.86. The molecule has 22 heavy (non-hydrogen) atoms. The molecule has 1 unspecified atom stereocenters. The number of hydrogen-bond donors (Lipinski definition) is 2. The van der Waals surface area contributed by atoms with Crippen molar-refractivity contribution in [1.29, 1.82) is 0 Å². The van der Waals surface area contributed by atoms with E-state index in [-0.39, 0.29) is 19.1 Å². The Morgan fingerprint density at radius 1 is 1.32 bits per heavy atom. The van der Waals surface area contributed by atoms with Crippen LogP contribution in [0.15, 0.2) is 52.7 Å². The van der Waals surface area contributed by atoms with Gasteiger partial charge in [0.05, 0.1) is 18.4 Å². The Balaban J connectivity index is 1.67. The fraction of sp³-hybridized carbons (Fsp3) is 0.235. The van der Waals surface area contributed by atoms with E-state index in [2.05, 4.69) is 5.32 Å². The second kappa shape index (κ2) is 5.69. The van der Waals surface area contributed by atoms with E-state index in [1.54, 1.807) is 25.1 Å². The van der Waals surface area contributed by atoms with Crippen molar-refractivity contribution in [2.45, 2.75) is 12.5 Å². The highest BCUT2D eigenvalue weighted by atomic mass is 16.5. The molecule has 1 aliphatic rings. The largest absolute Gasteiger partial charge is 0.488 e. The maximum absolute atomic E-state index is 12.2. The van der Waals surface area contributed by atoms with Crippen molar-refractivity contribution in [3.05, 3.63) is 59.6 Å². The summed E-state index contributed by atoms with van der Waals surface area (Å²) in [6, 6.07) is 10.9. The van der Waals surface area contributed by atoms with Crippen LogP contribution in [0.4, 0.5) is 0 Å². The molecule has 0 radical (unpaired) electrons. The zero-order valence-electron chi connectivity index (χ0n) is 12.2. The van der Waals surface area contributed by atoms with Gasteiger partial charge in [-0.15, -0.1) is 0 Å². The lowest BCUT2D eigenvalue weighted by Gasteiger charge is -2.22. The minimum Gasteiger partial charge on any atom is -0.488 e. The molecule has 0 saturated heterocycles. The molecule has 1 aliphatic heterocycles. The third-order valence-electron chi connectivity index (χ3n) is 3.57. The summed E-state index contributed by atoms with van der Waals surface area (Å²) < 4.78 is 10.7. The molecule has 0 saturated carbocycles. The van der Waals surface area contributed by atoms with Gasteiger partial charge in [0.25, 0.3) is 5.91 Å². The lowest BCUT2D eigenvalue weighted by molar-refractivity contribution is -0.119. The zero-order valence-corrected chi connectivity index (χ0v) is 12.2. The first-order valence-corrected chi connectivity index (χ1v) is 7.03. The monoisotopic (exact) mass is 299 g/mol. The number of furan rings is 1. The topological polar surface area (TPSA) is 71.7 Å². The highest BCUT2D eigenvalue weighted by molar-refractivity contribution is 5.99. The number of amides is 1. The van der Waals surface area contributed by atoms with Gasteiger partial charge >= 0.3 is 0 Å². The van der Waals surface area contributed by atoms with Crippen molar-refractivity contribution in [1.82, 2.24) is 5.32 Å². The number of fused-ring (bicyclic) bond motifs is 1. The zero-order chi connectivity index (χ0) is 15.6. The van der Waals surface area contributed by atoms with E-state index in [0.29, 0.717) is 11.3 Å². The molecule has 3 rings (SSSR count). The van der Waals surface area contributed by atoms with Crippen molar-refractivity contribution in [3.63, 3.8) is 0 Å². The van der Waals surface area contributed by atoms with Gasteiger partial charge in [-0.25, -0.2) is 0 Å². The number of benzene rings is 1. The van der Waals surface area contributed by atoms with E-state index < -0.39 is 5.60 Å². The molecule has 0 aliphatic carbocycles. The Kier molecular flexibility index (Phi) is 3.73. The Hall–Kier alpha value is -2.53. The molecule has 114 valence electrons. The van der Waals surface area contributed by atoms with E-state index in [9.17, 15) is 9.90 Å². The third kappa shape index (κ3) is 2.89. The molecular weight excluding hydrogens is 282 g/mol. The van der Waals surface area contributed by atoms with E-state index >= 15 is 0 Å². The molecule has 0 bridgehead atoms. The van der Waals surface area contributed by atoms with Crippen LogP contribution in [-0.4, -0.2) is 24.2 Å². The Bertz CT molecular complexity index is 701. The summed E-state index contributed by atoms with van der Waals surface area (Å²) in [6.07, 6.45) is 3.29. The summed E-state index contributed by atoms with van der Waals surface area (Å²) in [5.41, 5.74) is 0.137. The first-order valence-electron chi connectivity index (χ1n) is 7.03. The number of rotatable bonds is 4. The van der Waals surface area contributed by atoms with Gasteiger partial charge in [-0.05, 0) is 31.2 Å². The quantitative estimate of drug-likeness (QED) is 0.906. The number of aliphatic hydroxyl groups is 1. The molecule has 2 aromatic rings. The molecule has 0 fully saturated rings. The van der Waals surface area contributed by atoms with E-state index in [1.807, 2.05) is 24.3 Å². The van der Waals surface area contributed by atoms with Gasteiger partial charge in [0.15, 0.2) is 0 Å². The van der Waals surface area contributed by atoms with Crippen LogP contribution in [0.5, 0.6) is 5.75 Å². The first kappa shape index (κ1) is 14.4. The number of carbonyl (C=O) groups is 1. The van der Waals surface area contributed by atoms with Gasteiger partial charge in [0.2, 0.25) is 0 Å². The van der Waals surface area contributed by atoms with Crippen LogP contribution in [0, 0.1) is 0 Å². The smallest absolute Gasteiger partial charge is 0.250 e. The van der Waals surface area contributed by atoms with E-state index in [4.69, 9.17) is 9.15 Å². The second-order valence-electron chi connectivity index (χ2n) is 5.43. The van der Waals surface area contributed by atoms with Gasteiger partial charge < -0.3 is 19.6 Å². The molecular formula is C17H17NO4. The lowest BCUT2D eigenvalue weighted by Crippen LogP contribution is -2.39. The molecule has 5 nitrogen and oxygen atoms in total. The Morgan fingerprint density at radius 2 is 2.14 bits per heavy atom. The Morgan fingerprint density at radius 3 is 2.91 bits per heavy atom. The maximum atomic E-state index is 12.2. The van der Waals surface area contributed by atoms with Crippen LogP contribution >= 0.6 is 0 Å². The highest BCUT2D eigenvalue weighted by Gasteiger charge is 2.27. The minimum absolute atomic E-state index is 0.0539. The normalized spacial score (nSPS) is 16.0. The summed E-state index contributed by atoms with van der Waals surface area (Å²) in [5.74, 6) is 0.912. The van der Waals surface area contributed by atoms with Gasteiger partial charge in [-0.1, -0.05) is 18.2 Å². The summed E-state index contributed by atoms with van der Waals surface area (Å²) in [7, 11) is 0. The average Bonchev–Trinajstić information content (AvgIpc) is 3.07. The predicted octanol–water partition coefficient (Wildman–Crippen LogP) is 2.08. The van der Waals surface area contributed by atoms with Crippen molar-refractivity contribution >= 4 is 12.0 Å². The molecule has 1 amide bonds. The molecule has 5 heteroatoms. The third-order valence-corrected chi connectivity index (χ3v) is 3.57. The lowest BCUT2D eigenvalue weighted by atomic mass is 10.0. The van der Waals surface area contributed by atoms with Crippen LogP contribution in [0.2, 0.25) is 0 Å². The number of carbonyl (C=O) groups excluding carboxylic acids is 1. The highest BCUT2D eigenvalue weighted by Crippen LogP contribution is 2.26. The summed E-state index contributed by atoms with van der Waals surface area (Å²) in [5, 5.41) is 13.0. The molecule has 1 atom stereocenters. The minimum atomic E-state index is -1.26. The van der Waals surface area contributed by atoms with Gasteiger partial charge in [0.1, 0.15) is 23.7 Å².